The van der Waals surface area contributed by atoms with Gasteiger partial charge in [0.25, 0.3) is 0 Å². The molecule has 1 N–H and O–H groups in total. The summed E-state index contributed by atoms with van der Waals surface area (Å²) in [5.41, 5.74) is -1.22. The zero-order valence-corrected chi connectivity index (χ0v) is 7.02. The summed E-state index contributed by atoms with van der Waals surface area (Å²) in [6, 6.07) is 1.82. The summed E-state index contributed by atoms with van der Waals surface area (Å²) in [6.45, 7) is -0.608. The zero-order chi connectivity index (χ0) is 10.1. The van der Waals surface area contributed by atoms with Gasteiger partial charge in [0.1, 0.15) is 5.69 Å². The summed E-state index contributed by atoms with van der Waals surface area (Å²) in [4.78, 5) is 3.16. The molecule has 1 heterocycles. The van der Waals surface area contributed by atoms with Crippen molar-refractivity contribution in [3.63, 3.8) is 0 Å². The quantitative estimate of drug-likeness (QED) is 0.773. The molecule has 1 rings (SSSR count). The lowest BCUT2D eigenvalue weighted by Gasteiger charge is -2.07. The highest BCUT2D eigenvalue weighted by molar-refractivity contribution is 6.31. The van der Waals surface area contributed by atoms with Gasteiger partial charge in [0, 0.05) is 0 Å². The first-order chi connectivity index (χ1) is 5.95. The molecule has 1 aromatic rings. The third-order valence-electron chi connectivity index (χ3n) is 1.36. The van der Waals surface area contributed by atoms with Crippen molar-refractivity contribution in [2.24, 2.45) is 0 Å². The minimum atomic E-state index is -4.51. The van der Waals surface area contributed by atoms with E-state index in [-0.39, 0.29) is 10.7 Å². The molecule has 0 saturated heterocycles. The van der Waals surface area contributed by atoms with E-state index in [1.54, 1.807) is 0 Å². The minimum Gasteiger partial charge on any atom is -0.390 e. The topological polar surface area (TPSA) is 33.1 Å². The van der Waals surface area contributed by atoms with Crippen molar-refractivity contribution in [2.75, 3.05) is 0 Å². The van der Waals surface area contributed by atoms with E-state index in [4.69, 9.17) is 16.7 Å². The monoisotopic (exact) mass is 211 g/mol. The van der Waals surface area contributed by atoms with Crippen LogP contribution >= 0.6 is 11.6 Å². The van der Waals surface area contributed by atoms with Crippen LogP contribution in [0.15, 0.2) is 12.1 Å². The van der Waals surface area contributed by atoms with Crippen LogP contribution in [-0.2, 0) is 12.8 Å². The van der Waals surface area contributed by atoms with Crippen molar-refractivity contribution in [1.82, 2.24) is 4.98 Å². The Kier molecular flexibility index (Phi) is 2.77. The first kappa shape index (κ1) is 10.3. The second kappa shape index (κ2) is 3.51. The molecular formula is C7H5ClF3NO. The van der Waals surface area contributed by atoms with Crippen LogP contribution in [0.4, 0.5) is 13.2 Å². The molecule has 0 bridgehead atoms. The summed E-state index contributed by atoms with van der Waals surface area (Å²) in [5.74, 6) is 0. The zero-order valence-electron chi connectivity index (χ0n) is 6.27. The van der Waals surface area contributed by atoms with Gasteiger partial charge >= 0.3 is 6.18 Å². The molecule has 0 fully saturated rings. The lowest BCUT2D eigenvalue weighted by Crippen LogP contribution is -2.09. The van der Waals surface area contributed by atoms with Crippen molar-refractivity contribution in [1.29, 1.82) is 0 Å². The van der Waals surface area contributed by atoms with Gasteiger partial charge in [-0.1, -0.05) is 11.6 Å². The molecule has 0 aliphatic carbocycles. The van der Waals surface area contributed by atoms with Crippen molar-refractivity contribution >= 4 is 11.6 Å². The Balaban J connectivity index is 3.14. The van der Waals surface area contributed by atoms with Gasteiger partial charge in [-0.25, -0.2) is 4.98 Å². The Bertz CT molecular complexity index is 313. The van der Waals surface area contributed by atoms with Crippen LogP contribution in [0.25, 0.3) is 0 Å². The van der Waals surface area contributed by atoms with Gasteiger partial charge in [-0.2, -0.15) is 13.2 Å². The first-order valence-electron chi connectivity index (χ1n) is 3.28. The standard InChI is InChI=1S/C7H5ClF3NO/c8-4-1-2-6(7(9,10)11)12-5(4)3-13/h1-2,13H,3H2. The Morgan fingerprint density at radius 2 is 2.00 bits per heavy atom. The lowest BCUT2D eigenvalue weighted by atomic mass is 10.3. The number of aliphatic hydroxyl groups is 1. The highest BCUT2D eigenvalue weighted by Gasteiger charge is 2.32. The van der Waals surface area contributed by atoms with Gasteiger partial charge in [0.15, 0.2) is 0 Å². The number of rotatable bonds is 1. The molecule has 0 saturated carbocycles. The van der Waals surface area contributed by atoms with Crippen LogP contribution in [-0.4, -0.2) is 10.1 Å². The molecule has 0 spiro atoms. The molecule has 0 aliphatic heterocycles. The maximum atomic E-state index is 12.0. The number of halogens is 4. The summed E-state index contributed by atoms with van der Waals surface area (Å²) in [5, 5.41) is 8.62. The highest BCUT2D eigenvalue weighted by Crippen LogP contribution is 2.29. The van der Waals surface area contributed by atoms with Crippen LogP contribution < -0.4 is 0 Å². The average molecular weight is 212 g/mol. The third kappa shape index (κ3) is 2.32. The fourth-order valence-corrected chi connectivity index (χ4v) is 0.918. The number of alkyl halides is 3. The van der Waals surface area contributed by atoms with Gasteiger partial charge in [-0.15, -0.1) is 0 Å². The molecule has 0 aliphatic rings. The van der Waals surface area contributed by atoms with E-state index in [9.17, 15) is 13.2 Å². The molecule has 0 amide bonds. The second-order valence-electron chi connectivity index (χ2n) is 2.28. The van der Waals surface area contributed by atoms with Gasteiger partial charge in [-0.05, 0) is 12.1 Å². The van der Waals surface area contributed by atoms with Crippen LogP contribution in [0.2, 0.25) is 5.02 Å². The van der Waals surface area contributed by atoms with E-state index in [0.29, 0.717) is 0 Å². The van der Waals surface area contributed by atoms with Gasteiger partial charge < -0.3 is 5.11 Å². The Morgan fingerprint density at radius 1 is 1.38 bits per heavy atom. The van der Waals surface area contributed by atoms with Gasteiger partial charge in [0.2, 0.25) is 0 Å². The maximum absolute atomic E-state index is 12.0. The largest absolute Gasteiger partial charge is 0.433 e. The molecule has 0 radical (unpaired) electrons. The van der Waals surface area contributed by atoms with Crippen LogP contribution in [0.1, 0.15) is 11.4 Å². The van der Waals surface area contributed by atoms with Crippen molar-refractivity contribution in [2.45, 2.75) is 12.8 Å². The van der Waals surface area contributed by atoms with Crippen LogP contribution in [0.5, 0.6) is 0 Å². The SMILES string of the molecule is OCc1nc(C(F)(F)F)ccc1Cl. The smallest absolute Gasteiger partial charge is 0.390 e. The maximum Gasteiger partial charge on any atom is 0.433 e. The fraction of sp³-hybridized carbons (Fsp3) is 0.286. The third-order valence-corrected chi connectivity index (χ3v) is 1.70. The minimum absolute atomic E-state index is 0.0236. The number of hydrogen-bond acceptors (Lipinski definition) is 2. The number of aromatic nitrogens is 1. The van der Waals surface area contributed by atoms with Crippen LogP contribution in [0, 0.1) is 0 Å². The van der Waals surface area contributed by atoms with E-state index in [2.05, 4.69) is 4.98 Å². The number of aliphatic hydroxyl groups excluding tert-OH is 1. The second-order valence-corrected chi connectivity index (χ2v) is 2.69. The molecule has 1 aromatic heterocycles. The summed E-state index contributed by atoms with van der Waals surface area (Å²) >= 11 is 5.46. The van der Waals surface area contributed by atoms with Gasteiger partial charge in [0.05, 0.1) is 17.3 Å². The van der Waals surface area contributed by atoms with Crippen molar-refractivity contribution in [3.8, 4) is 0 Å². The summed E-state index contributed by atoms with van der Waals surface area (Å²) in [6.07, 6.45) is -4.51. The van der Waals surface area contributed by atoms with Crippen LogP contribution in [0.3, 0.4) is 0 Å². The number of pyridine rings is 1. The highest BCUT2D eigenvalue weighted by atomic mass is 35.5. The molecule has 13 heavy (non-hydrogen) atoms. The van der Waals surface area contributed by atoms with Gasteiger partial charge in [-0.3, -0.25) is 0 Å². The molecule has 2 nitrogen and oxygen atoms in total. The summed E-state index contributed by atoms with van der Waals surface area (Å²) < 4.78 is 36.1. The number of nitrogens with zero attached hydrogens (tertiary/aromatic N) is 1. The molecule has 6 heteroatoms. The normalized spacial score (nSPS) is 11.8. The van der Waals surface area contributed by atoms with E-state index in [1.807, 2.05) is 0 Å². The first-order valence-corrected chi connectivity index (χ1v) is 3.66. The van der Waals surface area contributed by atoms with E-state index in [1.165, 1.54) is 0 Å². The molecule has 0 aromatic carbocycles. The lowest BCUT2D eigenvalue weighted by molar-refractivity contribution is -0.141. The Morgan fingerprint density at radius 3 is 2.46 bits per heavy atom. The fourth-order valence-electron chi connectivity index (χ4n) is 0.753. The number of hydrogen-bond donors (Lipinski definition) is 1. The molecule has 0 atom stereocenters. The Hall–Kier alpha value is -0.810. The predicted octanol–water partition coefficient (Wildman–Crippen LogP) is 2.25. The molecule has 72 valence electrons. The average Bonchev–Trinajstić information content (AvgIpc) is 2.03. The van der Waals surface area contributed by atoms with E-state index < -0.39 is 18.5 Å². The van der Waals surface area contributed by atoms with Crippen molar-refractivity contribution < 1.29 is 18.3 Å². The summed E-state index contributed by atoms with van der Waals surface area (Å²) in [7, 11) is 0. The van der Waals surface area contributed by atoms with Crippen molar-refractivity contribution in [3.05, 3.63) is 28.5 Å². The molecule has 0 unspecified atom stereocenters. The van der Waals surface area contributed by atoms with E-state index >= 15 is 0 Å². The molecular weight excluding hydrogens is 207 g/mol. The Labute approximate surface area is 77.0 Å². The van der Waals surface area contributed by atoms with E-state index in [0.717, 1.165) is 12.1 Å². The predicted molar refractivity (Wildman–Crippen MR) is 40.2 cm³/mol.